The zero-order valence-corrected chi connectivity index (χ0v) is 15.1. The highest BCUT2D eigenvalue weighted by atomic mass is 32.2. The maximum atomic E-state index is 12.0. The summed E-state index contributed by atoms with van der Waals surface area (Å²) in [7, 11) is 1.45. The van der Waals surface area contributed by atoms with Gasteiger partial charge < -0.3 is 9.30 Å². The number of esters is 1. The normalized spacial score (nSPS) is 16.2. The van der Waals surface area contributed by atoms with Gasteiger partial charge in [-0.1, -0.05) is 42.0 Å². The van der Waals surface area contributed by atoms with Crippen LogP contribution >= 0.6 is 24.0 Å². The standard InChI is InChI=1S/C18H19NO2S2/c1-11-4-6-12(7-5-11)17(22)16-15(23-3)10-14-13(18(20)21-2)8-9-19(14)16/h4-7,10,13H,8-9H2,1-3H3. The summed E-state index contributed by atoms with van der Waals surface area (Å²) >= 11 is 7.43. The number of rotatable bonds is 4. The van der Waals surface area contributed by atoms with Crippen LogP contribution in [0, 0.1) is 6.92 Å². The summed E-state index contributed by atoms with van der Waals surface area (Å²) in [4.78, 5) is 14.0. The molecule has 0 saturated heterocycles. The van der Waals surface area contributed by atoms with Crippen molar-refractivity contribution in [2.24, 2.45) is 0 Å². The number of aromatic nitrogens is 1. The molecule has 0 aliphatic carbocycles. The highest BCUT2D eigenvalue weighted by Crippen LogP contribution is 2.38. The van der Waals surface area contributed by atoms with Crippen LogP contribution < -0.4 is 0 Å². The lowest BCUT2D eigenvalue weighted by Gasteiger charge is -2.10. The molecular formula is C18H19NO2S2. The van der Waals surface area contributed by atoms with Crippen LogP contribution in [0.25, 0.3) is 0 Å². The van der Waals surface area contributed by atoms with E-state index in [1.54, 1.807) is 11.8 Å². The molecule has 23 heavy (non-hydrogen) atoms. The molecule has 2 heterocycles. The molecular weight excluding hydrogens is 326 g/mol. The lowest BCUT2D eigenvalue weighted by molar-refractivity contribution is -0.142. The van der Waals surface area contributed by atoms with E-state index < -0.39 is 0 Å². The third-order valence-electron chi connectivity index (χ3n) is 4.33. The Balaban J connectivity index is 2.05. The van der Waals surface area contributed by atoms with Gasteiger partial charge >= 0.3 is 5.97 Å². The number of aryl methyl sites for hydroxylation is 1. The number of nitrogens with zero attached hydrogens (tertiary/aromatic N) is 1. The largest absolute Gasteiger partial charge is 0.469 e. The Hall–Kier alpha value is -1.59. The fourth-order valence-electron chi connectivity index (χ4n) is 3.09. The Morgan fingerprint density at radius 3 is 2.65 bits per heavy atom. The van der Waals surface area contributed by atoms with E-state index in [0.717, 1.165) is 39.7 Å². The SMILES string of the molecule is COC(=O)C1CCn2c1cc(SC)c2C(=S)c1ccc(C)cc1. The van der Waals surface area contributed by atoms with Gasteiger partial charge in [0.2, 0.25) is 0 Å². The highest BCUT2D eigenvalue weighted by Gasteiger charge is 2.33. The van der Waals surface area contributed by atoms with E-state index in [4.69, 9.17) is 17.0 Å². The predicted octanol–water partition coefficient (Wildman–Crippen LogP) is 3.95. The maximum absolute atomic E-state index is 12.0. The zero-order valence-electron chi connectivity index (χ0n) is 13.5. The number of hydrogen-bond acceptors (Lipinski definition) is 4. The first-order chi connectivity index (χ1) is 11.1. The van der Waals surface area contributed by atoms with Gasteiger partial charge in [0.15, 0.2) is 0 Å². The summed E-state index contributed by atoms with van der Waals surface area (Å²) in [5.74, 6) is -0.345. The minimum absolute atomic E-state index is 0.165. The first-order valence-corrected chi connectivity index (χ1v) is 9.16. The molecule has 1 unspecified atom stereocenters. The summed E-state index contributed by atoms with van der Waals surface area (Å²) in [5.41, 5.74) is 4.33. The van der Waals surface area contributed by atoms with Crippen molar-refractivity contribution in [3.63, 3.8) is 0 Å². The van der Waals surface area contributed by atoms with E-state index in [2.05, 4.69) is 41.8 Å². The van der Waals surface area contributed by atoms with E-state index in [1.807, 2.05) is 6.26 Å². The molecule has 0 amide bonds. The van der Waals surface area contributed by atoms with Gasteiger partial charge in [0.25, 0.3) is 0 Å². The topological polar surface area (TPSA) is 31.2 Å². The quantitative estimate of drug-likeness (QED) is 0.363. The molecule has 2 aromatic rings. The number of thioether (sulfide) groups is 1. The van der Waals surface area contributed by atoms with E-state index in [-0.39, 0.29) is 11.9 Å². The van der Waals surface area contributed by atoms with Gasteiger partial charge in [-0.25, -0.2) is 0 Å². The smallest absolute Gasteiger partial charge is 0.314 e. The Bertz CT molecular complexity index is 762. The number of fused-ring (bicyclic) bond motifs is 1. The maximum Gasteiger partial charge on any atom is 0.314 e. The van der Waals surface area contributed by atoms with Crippen molar-refractivity contribution in [1.82, 2.24) is 4.57 Å². The zero-order chi connectivity index (χ0) is 16.6. The molecule has 0 radical (unpaired) electrons. The van der Waals surface area contributed by atoms with Crippen molar-refractivity contribution in [2.45, 2.75) is 30.7 Å². The number of hydrogen-bond donors (Lipinski definition) is 0. The van der Waals surface area contributed by atoms with E-state index in [0.29, 0.717) is 0 Å². The van der Waals surface area contributed by atoms with Gasteiger partial charge in [-0.2, -0.15) is 0 Å². The molecule has 1 aliphatic heterocycles. The predicted molar refractivity (Wildman–Crippen MR) is 97.6 cm³/mol. The van der Waals surface area contributed by atoms with Crippen LogP contribution in [0.1, 0.15) is 34.9 Å². The molecule has 0 saturated carbocycles. The fourth-order valence-corrected chi connectivity index (χ4v) is 4.16. The molecule has 0 fully saturated rings. The summed E-state index contributed by atoms with van der Waals surface area (Å²) in [6.45, 7) is 2.87. The number of benzene rings is 1. The number of ether oxygens (including phenoxy) is 1. The van der Waals surface area contributed by atoms with Crippen LogP contribution in [0.15, 0.2) is 35.2 Å². The molecule has 1 aliphatic rings. The highest BCUT2D eigenvalue weighted by molar-refractivity contribution is 7.98. The molecule has 5 heteroatoms. The Kier molecular flexibility index (Phi) is 4.60. The van der Waals surface area contributed by atoms with Crippen LogP contribution in [0.5, 0.6) is 0 Å². The van der Waals surface area contributed by atoms with Gasteiger partial charge in [-0.3, -0.25) is 4.79 Å². The van der Waals surface area contributed by atoms with Crippen LogP contribution in [-0.4, -0.2) is 28.8 Å². The Labute approximate surface area is 146 Å². The van der Waals surface area contributed by atoms with E-state index in [1.165, 1.54) is 12.7 Å². The third kappa shape index (κ3) is 2.83. The minimum atomic E-state index is -0.180. The van der Waals surface area contributed by atoms with Gasteiger partial charge in [-0.05, 0) is 31.2 Å². The lowest BCUT2D eigenvalue weighted by Crippen LogP contribution is -2.11. The van der Waals surface area contributed by atoms with E-state index in [9.17, 15) is 4.79 Å². The van der Waals surface area contributed by atoms with Gasteiger partial charge in [-0.15, -0.1) is 11.8 Å². The second-order valence-electron chi connectivity index (χ2n) is 5.70. The van der Waals surface area contributed by atoms with Crippen LogP contribution in [0.3, 0.4) is 0 Å². The van der Waals surface area contributed by atoms with Crippen molar-refractivity contribution in [2.75, 3.05) is 13.4 Å². The average molecular weight is 345 g/mol. The van der Waals surface area contributed by atoms with Crippen LogP contribution in [0.4, 0.5) is 0 Å². The van der Waals surface area contributed by atoms with Gasteiger partial charge in [0, 0.05) is 17.1 Å². The number of thiocarbonyl (C=S) groups is 1. The van der Waals surface area contributed by atoms with Crippen LogP contribution in [-0.2, 0) is 16.1 Å². The van der Waals surface area contributed by atoms with Crippen molar-refractivity contribution in [3.8, 4) is 0 Å². The molecule has 3 nitrogen and oxygen atoms in total. The van der Waals surface area contributed by atoms with Crippen molar-refractivity contribution >= 4 is 34.8 Å². The second-order valence-corrected chi connectivity index (χ2v) is 6.95. The van der Waals surface area contributed by atoms with Crippen LogP contribution in [0.2, 0.25) is 0 Å². The number of carbonyl (C=O) groups is 1. The summed E-state index contributed by atoms with van der Waals surface area (Å²) in [6, 6.07) is 10.4. The van der Waals surface area contributed by atoms with Gasteiger partial charge in [0.05, 0.1) is 23.6 Å². The molecule has 120 valence electrons. The van der Waals surface area contributed by atoms with Gasteiger partial charge in [0.1, 0.15) is 0 Å². The second kappa shape index (κ2) is 6.49. The van der Waals surface area contributed by atoms with Crippen molar-refractivity contribution in [3.05, 3.63) is 52.8 Å². The Morgan fingerprint density at radius 2 is 2.04 bits per heavy atom. The monoisotopic (exact) mass is 345 g/mol. The summed E-state index contributed by atoms with van der Waals surface area (Å²) in [5, 5.41) is 0. The minimum Gasteiger partial charge on any atom is -0.469 e. The molecule has 1 aromatic heterocycles. The summed E-state index contributed by atoms with van der Waals surface area (Å²) < 4.78 is 7.13. The first-order valence-electron chi connectivity index (χ1n) is 7.53. The molecule has 1 aromatic carbocycles. The number of methoxy groups -OCH3 is 1. The van der Waals surface area contributed by atoms with Crippen molar-refractivity contribution in [1.29, 1.82) is 0 Å². The molecule has 0 spiro atoms. The van der Waals surface area contributed by atoms with E-state index >= 15 is 0 Å². The number of carbonyl (C=O) groups excluding carboxylic acids is 1. The Morgan fingerprint density at radius 1 is 1.35 bits per heavy atom. The fraction of sp³-hybridized carbons (Fsp3) is 0.333. The summed E-state index contributed by atoms with van der Waals surface area (Å²) in [6.07, 6.45) is 2.82. The van der Waals surface area contributed by atoms with Crippen molar-refractivity contribution < 1.29 is 9.53 Å². The molecule has 0 bridgehead atoms. The molecule has 1 atom stereocenters. The third-order valence-corrected chi connectivity index (χ3v) is 5.51. The first kappa shape index (κ1) is 16.3. The average Bonchev–Trinajstić information content (AvgIpc) is 3.12. The molecule has 0 N–H and O–H groups in total. The lowest BCUT2D eigenvalue weighted by atomic mass is 10.1. The molecule has 3 rings (SSSR count).